The lowest BCUT2D eigenvalue weighted by Gasteiger charge is -2.15. The van der Waals surface area contributed by atoms with Crippen LogP contribution >= 0.6 is 27.5 Å². The Bertz CT molecular complexity index is 1030. The summed E-state index contributed by atoms with van der Waals surface area (Å²) < 4.78 is 49.0. The van der Waals surface area contributed by atoms with Gasteiger partial charge in [-0.05, 0) is 29.8 Å². The third kappa shape index (κ3) is 5.39. The molecule has 0 radical (unpaired) electrons. The largest absolute Gasteiger partial charge is 0.419 e. The van der Waals surface area contributed by atoms with Crippen molar-refractivity contribution in [3.63, 3.8) is 0 Å². The second-order valence-corrected chi connectivity index (χ2v) is 14.8. The van der Waals surface area contributed by atoms with Gasteiger partial charge in [-0.2, -0.15) is 13.2 Å². The van der Waals surface area contributed by atoms with Crippen LogP contribution in [0.4, 0.5) is 13.2 Å². The zero-order valence-electron chi connectivity index (χ0n) is 16.1. The number of benzene rings is 1. The summed E-state index contributed by atoms with van der Waals surface area (Å²) in [6, 6.07) is 6.38. The number of halogens is 5. The Morgan fingerprint density at radius 2 is 1.97 bits per heavy atom. The van der Waals surface area contributed by atoms with E-state index in [2.05, 4.69) is 45.5 Å². The van der Waals surface area contributed by atoms with Crippen molar-refractivity contribution < 1.29 is 17.9 Å². The molecule has 3 aromatic rings. The molecule has 2 heterocycles. The molecule has 29 heavy (non-hydrogen) atoms. The SMILES string of the molecule is C[Si](C)(C)CCOCn1cc(-c2nc(Cl)ncc2C(F)(F)F)c2ccc(Br)cc21. The molecule has 1 aromatic carbocycles. The fourth-order valence-corrected chi connectivity index (χ4v) is 4.11. The molecule has 2 aromatic heterocycles. The molecule has 3 rings (SSSR count). The number of aromatic nitrogens is 3. The number of alkyl halides is 3. The van der Waals surface area contributed by atoms with Crippen molar-refractivity contribution in [1.29, 1.82) is 0 Å². The maximum Gasteiger partial charge on any atom is 0.419 e. The molecule has 0 fully saturated rings. The van der Waals surface area contributed by atoms with Gasteiger partial charge in [0.15, 0.2) is 0 Å². The second kappa shape index (κ2) is 8.37. The molecule has 0 saturated heterocycles. The number of fused-ring (bicyclic) bond motifs is 1. The third-order valence-corrected chi connectivity index (χ3v) is 6.77. The van der Waals surface area contributed by atoms with Crippen molar-refractivity contribution in [3.05, 3.63) is 45.9 Å². The van der Waals surface area contributed by atoms with E-state index in [1.54, 1.807) is 22.9 Å². The number of nitrogens with zero attached hydrogens (tertiary/aromatic N) is 3. The highest BCUT2D eigenvalue weighted by Crippen LogP contribution is 2.39. The molecule has 0 saturated carbocycles. The molecular weight excluding hydrogens is 487 g/mol. The highest BCUT2D eigenvalue weighted by atomic mass is 79.9. The summed E-state index contributed by atoms with van der Waals surface area (Å²) in [7, 11) is -1.24. The molecular formula is C19H20BrClF3N3OSi. The Kier molecular flexibility index (Phi) is 6.43. The number of hydrogen-bond donors (Lipinski definition) is 0. The molecule has 0 N–H and O–H groups in total. The minimum Gasteiger partial charge on any atom is -0.361 e. The molecule has 4 nitrogen and oxygen atoms in total. The lowest BCUT2D eigenvalue weighted by atomic mass is 10.1. The maximum absolute atomic E-state index is 13.5. The van der Waals surface area contributed by atoms with Gasteiger partial charge in [0, 0.05) is 42.5 Å². The standard InChI is InChI=1S/C19H20BrClF3N3OSi/c1-29(2,3)7-6-28-11-27-10-14(13-5-4-12(20)8-16(13)27)17-15(19(22,23)24)9-25-18(21)26-17/h4-5,8-10H,6-7,11H2,1-3H3. The van der Waals surface area contributed by atoms with E-state index in [0.717, 1.165) is 22.2 Å². The van der Waals surface area contributed by atoms with Crippen LogP contribution in [-0.2, 0) is 17.6 Å². The van der Waals surface area contributed by atoms with Gasteiger partial charge in [0.05, 0.1) is 11.2 Å². The first kappa shape index (κ1) is 22.3. The number of hydrogen-bond acceptors (Lipinski definition) is 3. The van der Waals surface area contributed by atoms with Crippen LogP contribution in [0, 0.1) is 0 Å². The van der Waals surface area contributed by atoms with Gasteiger partial charge in [0.2, 0.25) is 5.28 Å². The molecule has 0 unspecified atom stereocenters. The zero-order valence-corrected chi connectivity index (χ0v) is 19.5. The summed E-state index contributed by atoms with van der Waals surface area (Å²) in [4.78, 5) is 7.41. The summed E-state index contributed by atoms with van der Waals surface area (Å²) >= 11 is 9.24. The molecule has 0 atom stereocenters. The Morgan fingerprint density at radius 1 is 1.24 bits per heavy atom. The highest BCUT2D eigenvalue weighted by Gasteiger charge is 2.36. The third-order valence-electron chi connectivity index (χ3n) is 4.39. The first-order chi connectivity index (χ1) is 13.5. The van der Waals surface area contributed by atoms with Gasteiger partial charge in [-0.3, -0.25) is 0 Å². The van der Waals surface area contributed by atoms with Crippen LogP contribution in [0.3, 0.4) is 0 Å². The molecule has 10 heteroatoms. The van der Waals surface area contributed by atoms with Gasteiger partial charge in [0.1, 0.15) is 12.3 Å². The topological polar surface area (TPSA) is 39.9 Å². The van der Waals surface area contributed by atoms with E-state index in [9.17, 15) is 13.2 Å². The molecule has 0 aliphatic rings. The van der Waals surface area contributed by atoms with E-state index < -0.39 is 19.8 Å². The van der Waals surface area contributed by atoms with Crippen molar-refractivity contribution in [2.45, 2.75) is 38.6 Å². The van der Waals surface area contributed by atoms with Crippen molar-refractivity contribution in [1.82, 2.24) is 14.5 Å². The van der Waals surface area contributed by atoms with Crippen molar-refractivity contribution in [3.8, 4) is 11.3 Å². The van der Waals surface area contributed by atoms with Crippen molar-refractivity contribution in [2.24, 2.45) is 0 Å². The van der Waals surface area contributed by atoms with Crippen LogP contribution in [0.5, 0.6) is 0 Å². The maximum atomic E-state index is 13.5. The summed E-state index contributed by atoms with van der Waals surface area (Å²) in [5.74, 6) is 0. The first-order valence-corrected chi connectivity index (χ1v) is 13.8. The summed E-state index contributed by atoms with van der Waals surface area (Å²) in [6.07, 6.45) is -2.26. The predicted octanol–water partition coefficient (Wildman–Crippen LogP) is 6.85. The van der Waals surface area contributed by atoms with Gasteiger partial charge >= 0.3 is 6.18 Å². The number of ether oxygens (including phenoxy) is 1. The second-order valence-electron chi connectivity index (χ2n) is 7.92. The molecule has 0 amide bonds. The quantitative estimate of drug-likeness (QED) is 0.209. The minimum atomic E-state index is -4.60. The average molecular weight is 507 g/mol. The monoisotopic (exact) mass is 505 g/mol. The van der Waals surface area contributed by atoms with Crippen LogP contribution in [-0.4, -0.2) is 29.2 Å². The van der Waals surface area contributed by atoms with E-state index in [0.29, 0.717) is 17.6 Å². The summed E-state index contributed by atoms with van der Waals surface area (Å²) in [5, 5.41) is 0.389. The van der Waals surface area contributed by atoms with Crippen LogP contribution in [0.1, 0.15) is 5.56 Å². The van der Waals surface area contributed by atoms with E-state index >= 15 is 0 Å². The molecule has 156 valence electrons. The van der Waals surface area contributed by atoms with E-state index in [1.807, 2.05) is 6.07 Å². The number of rotatable bonds is 6. The van der Waals surface area contributed by atoms with Gasteiger partial charge in [-0.25, -0.2) is 9.97 Å². The van der Waals surface area contributed by atoms with E-state index in [4.69, 9.17) is 16.3 Å². The summed E-state index contributed by atoms with van der Waals surface area (Å²) in [5.41, 5.74) is -0.0997. The van der Waals surface area contributed by atoms with Crippen LogP contribution in [0.15, 0.2) is 35.1 Å². The summed E-state index contributed by atoms with van der Waals surface area (Å²) in [6.45, 7) is 7.61. The average Bonchev–Trinajstić information content (AvgIpc) is 2.94. The van der Waals surface area contributed by atoms with Crippen molar-refractivity contribution >= 4 is 46.5 Å². The fraction of sp³-hybridized carbons (Fsp3) is 0.368. The molecule has 0 bridgehead atoms. The van der Waals surface area contributed by atoms with Crippen LogP contribution in [0.25, 0.3) is 22.2 Å². The first-order valence-electron chi connectivity index (χ1n) is 8.92. The Morgan fingerprint density at radius 3 is 2.62 bits per heavy atom. The lowest BCUT2D eigenvalue weighted by molar-refractivity contribution is -0.137. The minimum absolute atomic E-state index is 0.234. The Hall–Kier alpha value is -1.42. The van der Waals surface area contributed by atoms with Gasteiger partial charge in [0.25, 0.3) is 0 Å². The van der Waals surface area contributed by atoms with Crippen LogP contribution in [0.2, 0.25) is 31.0 Å². The Labute approximate surface area is 181 Å². The van der Waals surface area contributed by atoms with E-state index in [1.165, 1.54) is 0 Å². The molecule has 0 aliphatic heterocycles. The Balaban J connectivity index is 2.05. The molecule has 0 aliphatic carbocycles. The van der Waals surface area contributed by atoms with E-state index in [-0.39, 0.29) is 17.7 Å². The zero-order chi connectivity index (χ0) is 21.4. The van der Waals surface area contributed by atoms with Gasteiger partial charge in [-0.15, -0.1) is 0 Å². The lowest BCUT2D eigenvalue weighted by Crippen LogP contribution is -2.21. The molecule has 0 spiro atoms. The van der Waals surface area contributed by atoms with Gasteiger partial charge in [-0.1, -0.05) is 41.6 Å². The van der Waals surface area contributed by atoms with Crippen molar-refractivity contribution in [2.75, 3.05) is 6.61 Å². The normalized spacial score (nSPS) is 12.7. The predicted molar refractivity (Wildman–Crippen MR) is 115 cm³/mol. The highest BCUT2D eigenvalue weighted by molar-refractivity contribution is 9.10. The smallest absolute Gasteiger partial charge is 0.361 e. The van der Waals surface area contributed by atoms with Crippen LogP contribution < -0.4 is 0 Å². The van der Waals surface area contributed by atoms with Gasteiger partial charge < -0.3 is 9.30 Å². The fourth-order valence-electron chi connectivity index (χ4n) is 2.87.